The van der Waals surface area contributed by atoms with Gasteiger partial charge >= 0.3 is 5.69 Å². The van der Waals surface area contributed by atoms with Crippen molar-refractivity contribution in [1.29, 1.82) is 0 Å². The lowest BCUT2D eigenvalue weighted by Crippen LogP contribution is -2.03. The highest BCUT2D eigenvalue weighted by Gasteiger charge is 2.26. The summed E-state index contributed by atoms with van der Waals surface area (Å²) in [5, 5.41) is 32.6. The number of thioether (sulfide) groups is 1. The molecule has 14 heteroatoms. The van der Waals surface area contributed by atoms with Crippen LogP contribution < -0.4 is 5.32 Å². The summed E-state index contributed by atoms with van der Waals surface area (Å²) in [6.45, 7) is 1.71. The number of nitrogens with zero attached hydrogens (tertiary/aromatic N) is 7. The summed E-state index contributed by atoms with van der Waals surface area (Å²) in [5.41, 5.74) is 2.74. The van der Waals surface area contributed by atoms with Crippen molar-refractivity contribution in [3.8, 4) is 17.1 Å². The van der Waals surface area contributed by atoms with Crippen LogP contribution in [0.2, 0.25) is 10.0 Å². The van der Waals surface area contributed by atoms with Gasteiger partial charge in [0.25, 0.3) is 11.1 Å². The number of rotatable bonds is 8. The lowest BCUT2D eigenvalue weighted by molar-refractivity contribution is -0.384. The Balaban J connectivity index is 1.39. The quantitative estimate of drug-likeness (QED) is 0.132. The van der Waals surface area contributed by atoms with Crippen molar-refractivity contribution >= 4 is 52.0 Å². The zero-order chi connectivity index (χ0) is 25.9. The van der Waals surface area contributed by atoms with Crippen LogP contribution in [-0.2, 0) is 5.75 Å². The van der Waals surface area contributed by atoms with Crippen molar-refractivity contribution in [2.24, 2.45) is 0 Å². The molecular formula is C23H16Cl2N8O3S. The van der Waals surface area contributed by atoms with Crippen LogP contribution in [0.25, 0.3) is 17.1 Å². The molecule has 3 aromatic heterocycles. The predicted molar refractivity (Wildman–Crippen MR) is 140 cm³/mol. The molecule has 2 aromatic carbocycles. The molecule has 0 atom stereocenters. The number of nitro groups is 1. The summed E-state index contributed by atoms with van der Waals surface area (Å²) in [7, 11) is 0. The fraction of sp³-hybridized carbons (Fsp3) is 0.0870. The van der Waals surface area contributed by atoms with E-state index in [4.69, 9.17) is 27.6 Å². The molecular weight excluding hydrogens is 539 g/mol. The molecule has 37 heavy (non-hydrogen) atoms. The van der Waals surface area contributed by atoms with Gasteiger partial charge in [0, 0.05) is 16.5 Å². The monoisotopic (exact) mass is 554 g/mol. The average molecular weight is 555 g/mol. The van der Waals surface area contributed by atoms with Gasteiger partial charge in [-0.2, -0.15) is 0 Å². The van der Waals surface area contributed by atoms with Gasteiger partial charge in [-0.1, -0.05) is 58.4 Å². The number of pyridine rings is 1. The molecule has 0 amide bonds. The standard InChI is InChI=1S/C23H16Cl2N8O3S/c1-13-20(21(19(10-26-13)33(34)35)27-15-5-3-2-4-6-15)22-29-30-23(36-22)37-12-16-11-32(31-28-16)18-9-14(24)7-8-17(18)25/h2-11H,12H2,1H3,(H,26,27). The third-order valence-corrected chi connectivity index (χ3v) is 6.55. The minimum absolute atomic E-state index is 0.101. The molecule has 0 aliphatic carbocycles. The first-order chi connectivity index (χ1) is 17.9. The van der Waals surface area contributed by atoms with Crippen LogP contribution in [0.15, 0.2) is 70.6 Å². The van der Waals surface area contributed by atoms with E-state index in [9.17, 15) is 10.1 Å². The van der Waals surface area contributed by atoms with Crippen molar-refractivity contribution in [3.63, 3.8) is 0 Å². The summed E-state index contributed by atoms with van der Waals surface area (Å²) in [4.78, 5) is 15.4. The van der Waals surface area contributed by atoms with Gasteiger partial charge in [0.05, 0.1) is 38.8 Å². The first-order valence-electron chi connectivity index (χ1n) is 10.7. The van der Waals surface area contributed by atoms with E-state index < -0.39 is 4.92 Å². The molecule has 0 spiro atoms. The number of nitrogens with one attached hydrogen (secondary N) is 1. The Hall–Kier alpha value is -4.00. The second-order valence-corrected chi connectivity index (χ2v) is 9.41. The Labute approximate surface area is 224 Å². The molecule has 0 aliphatic rings. The first kappa shape index (κ1) is 24.7. The van der Waals surface area contributed by atoms with E-state index in [1.807, 2.05) is 18.2 Å². The van der Waals surface area contributed by atoms with Crippen LogP contribution >= 0.6 is 35.0 Å². The summed E-state index contributed by atoms with van der Waals surface area (Å²) in [5.74, 6) is 0.477. The molecule has 0 fully saturated rings. The maximum absolute atomic E-state index is 11.7. The van der Waals surface area contributed by atoms with E-state index in [2.05, 4.69) is 30.8 Å². The van der Waals surface area contributed by atoms with Gasteiger partial charge in [0.2, 0.25) is 0 Å². The van der Waals surface area contributed by atoms with E-state index in [1.165, 1.54) is 22.6 Å². The average Bonchev–Trinajstić information content (AvgIpc) is 3.55. The Morgan fingerprint density at radius 2 is 1.95 bits per heavy atom. The second-order valence-electron chi connectivity index (χ2n) is 7.64. The second kappa shape index (κ2) is 10.5. The van der Waals surface area contributed by atoms with Crippen molar-refractivity contribution in [2.45, 2.75) is 17.9 Å². The summed E-state index contributed by atoms with van der Waals surface area (Å²) < 4.78 is 7.39. The molecule has 0 bridgehead atoms. The first-order valence-corrected chi connectivity index (χ1v) is 12.4. The SMILES string of the molecule is Cc1ncc([N+](=O)[O-])c(Nc2ccccc2)c1-c1nnc(SCc2cn(-c3cc(Cl)ccc3Cl)nn2)o1. The van der Waals surface area contributed by atoms with Gasteiger partial charge in [-0.25, -0.2) is 4.68 Å². The molecule has 186 valence electrons. The van der Waals surface area contributed by atoms with E-state index in [1.54, 1.807) is 43.5 Å². The molecule has 5 rings (SSSR count). The molecule has 0 saturated heterocycles. The maximum atomic E-state index is 11.7. The molecule has 11 nitrogen and oxygen atoms in total. The number of halogens is 2. The number of aromatic nitrogens is 6. The number of benzene rings is 2. The van der Waals surface area contributed by atoms with Crippen LogP contribution in [0.1, 0.15) is 11.4 Å². The Morgan fingerprint density at radius 3 is 2.73 bits per heavy atom. The zero-order valence-corrected chi connectivity index (χ0v) is 21.3. The van der Waals surface area contributed by atoms with Crippen LogP contribution in [0.4, 0.5) is 17.1 Å². The summed E-state index contributed by atoms with van der Waals surface area (Å²) >= 11 is 13.5. The van der Waals surface area contributed by atoms with Gasteiger partial charge < -0.3 is 9.73 Å². The van der Waals surface area contributed by atoms with Gasteiger partial charge in [-0.05, 0) is 37.3 Å². The van der Waals surface area contributed by atoms with E-state index >= 15 is 0 Å². The smallest absolute Gasteiger partial charge is 0.311 e. The Morgan fingerprint density at radius 1 is 1.14 bits per heavy atom. The van der Waals surface area contributed by atoms with Gasteiger partial charge in [0.15, 0.2) is 0 Å². The topological polar surface area (TPSA) is 138 Å². The van der Waals surface area contributed by atoms with E-state index in [0.717, 1.165) is 0 Å². The highest BCUT2D eigenvalue weighted by molar-refractivity contribution is 7.98. The van der Waals surface area contributed by atoms with Crippen LogP contribution in [0.5, 0.6) is 0 Å². The van der Waals surface area contributed by atoms with Gasteiger partial charge in [0.1, 0.15) is 11.9 Å². The number of hydrogen-bond donors (Lipinski definition) is 1. The molecule has 1 N–H and O–H groups in total. The summed E-state index contributed by atoms with van der Waals surface area (Å²) in [6, 6.07) is 14.1. The lowest BCUT2D eigenvalue weighted by Gasteiger charge is -2.12. The number of para-hydroxylation sites is 1. The summed E-state index contributed by atoms with van der Waals surface area (Å²) in [6.07, 6.45) is 2.92. The minimum atomic E-state index is -0.511. The van der Waals surface area contributed by atoms with Crippen molar-refractivity contribution in [3.05, 3.63) is 92.5 Å². The van der Waals surface area contributed by atoms with Crippen molar-refractivity contribution < 1.29 is 9.34 Å². The van der Waals surface area contributed by atoms with Crippen LogP contribution in [-0.4, -0.2) is 35.1 Å². The Bertz CT molecular complexity index is 1590. The molecule has 0 aliphatic heterocycles. The van der Waals surface area contributed by atoms with E-state index in [-0.39, 0.29) is 22.5 Å². The largest absolute Gasteiger partial charge is 0.411 e. The van der Waals surface area contributed by atoms with Gasteiger partial charge in [-0.3, -0.25) is 15.1 Å². The fourth-order valence-corrected chi connectivity index (χ4v) is 4.45. The normalized spacial score (nSPS) is 11.0. The maximum Gasteiger partial charge on any atom is 0.311 e. The highest BCUT2D eigenvalue weighted by Crippen LogP contribution is 2.39. The molecule has 3 heterocycles. The molecule has 5 aromatic rings. The number of anilines is 2. The number of aryl methyl sites for hydroxylation is 1. The number of hydrogen-bond acceptors (Lipinski definition) is 10. The van der Waals surface area contributed by atoms with E-state index in [0.29, 0.717) is 44.1 Å². The third-order valence-electron chi connectivity index (χ3n) is 5.15. The highest BCUT2D eigenvalue weighted by atomic mass is 35.5. The van der Waals surface area contributed by atoms with Crippen LogP contribution in [0, 0.1) is 17.0 Å². The molecule has 0 radical (unpaired) electrons. The van der Waals surface area contributed by atoms with Gasteiger partial charge in [-0.15, -0.1) is 15.3 Å². The fourth-order valence-electron chi connectivity index (χ4n) is 3.44. The minimum Gasteiger partial charge on any atom is -0.411 e. The lowest BCUT2D eigenvalue weighted by atomic mass is 10.1. The molecule has 0 saturated carbocycles. The van der Waals surface area contributed by atoms with Crippen molar-refractivity contribution in [1.82, 2.24) is 30.2 Å². The molecule has 0 unspecified atom stereocenters. The zero-order valence-electron chi connectivity index (χ0n) is 19.0. The van der Waals surface area contributed by atoms with Crippen molar-refractivity contribution in [2.75, 3.05) is 5.32 Å². The van der Waals surface area contributed by atoms with Crippen LogP contribution in [0.3, 0.4) is 0 Å². The third kappa shape index (κ3) is 5.40. The predicted octanol–water partition coefficient (Wildman–Crippen LogP) is 6.27. The Kier molecular flexibility index (Phi) is 7.04.